The molecule has 0 fully saturated rings. The fourth-order valence-corrected chi connectivity index (χ4v) is 3.19. The number of carboxylic acid groups (broad SMARTS) is 1. The zero-order valence-corrected chi connectivity index (χ0v) is 13.7. The fourth-order valence-electron chi connectivity index (χ4n) is 2.25. The molecule has 0 bridgehead atoms. The van der Waals surface area contributed by atoms with Crippen molar-refractivity contribution in [2.24, 2.45) is 0 Å². The lowest BCUT2D eigenvalue weighted by Gasteiger charge is -2.15. The van der Waals surface area contributed by atoms with Gasteiger partial charge in [0.2, 0.25) is 0 Å². The van der Waals surface area contributed by atoms with E-state index >= 15 is 0 Å². The minimum atomic E-state index is -1.10. The molecule has 0 saturated carbocycles. The average molecular weight is 338 g/mol. The second-order valence-corrected chi connectivity index (χ2v) is 6.07. The molecule has 0 atom stereocenters. The van der Waals surface area contributed by atoms with E-state index in [9.17, 15) is 14.7 Å². The smallest absolute Gasteiger partial charge is 0.349 e. The monoisotopic (exact) mass is 338 g/mol. The van der Waals surface area contributed by atoms with E-state index in [2.05, 4.69) is 4.98 Å². The number of carboxylic acids is 1. The molecule has 6 heteroatoms. The van der Waals surface area contributed by atoms with Crippen LogP contribution in [0.1, 0.15) is 20.0 Å². The van der Waals surface area contributed by atoms with E-state index in [1.807, 2.05) is 36.4 Å². The molecule has 0 spiro atoms. The number of aromatic carboxylic acids is 1. The van der Waals surface area contributed by atoms with Crippen LogP contribution in [0.5, 0.6) is 0 Å². The van der Waals surface area contributed by atoms with Crippen molar-refractivity contribution in [2.75, 3.05) is 11.9 Å². The summed E-state index contributed by atoms with van der Waals surface area (Å²) in [6.45, 7) is 0. The molecular formula is C18H14N2O3S. The number of carbonyl (C=O) groups excluding carboxylic acids is 1. The summed E-state index contributed by atoms with van der Waals surface area (Å²) in [5.41, 5.74) is 1.29. The fraction of sp³-hybridized carbons (Fsp3) is 0.0556. The first-order chi connectivity index (χ1) is 11.6. The Balaban J connectivity index is 2.02. The highest BCUT2D eigenvalue weighted by atomic mass is 32.1. The number of hydrogen-bond donors (Lipinski definition) is 1. The van der Waals surface area contributed by atoms with Crippen LogP contribution >= 0.6 is 11.3 Å². The van der Waals surface area contributed by atoms with Crippen molar-refractivity contribution < 1.29 is 14.7 Å². The summed E-state index contributed by atoms with van der Waals surface area (Å²) in [5.74, 6) is -1.25. The van der Waals surface area contributed by atoms with Gasteiger partial charge in [-0.1, -0.05) is 48.5 Å². The summed E-state index contributed by atoms with van der Waals surface area (Å²) in [4.78, 5) is 29.8. The van der Waals surface area contributed by atoms with Crippen LogP contribution in [-0.2, 0) is 0 Å². The van der Waals surface area contributed by atoms with Crippen molar-refractivity contribution >= 4 is 29.0 Å². The molecule has 5 nitrogen and oxygen atoms in total. The van der Waals surface area contributed by atoms with Crippen molar-refractivity contribution in [3.8, 4) is 10.6 Å². The summed E-state index contributed by atoms with van der Waals surface area (Å²) in [6.07, 6.45) is 0. The van der Waals surface area contributed by atoms with Gasteiger partial charge in [0, 0.05) is 18.2 Å². The van der Waals surface area contributed by atoms with Gasteiger partial charge in [-0.15, -0.1) is 11.3 Å². The molecule has 0 aliphatic heterocycles. The van der Waals surface area contributed by atoms with Crippen molar-refractivity contribution in [3.05, 3.63) is 71.1 Å². The van der Waals surface area contributed by atoms with E-state index in [0.717, 1.165) is 16.9 Å². The molecule has 3 aromatic rings. The van der Waals surface area contributed by atoms with Gasteiger partial charge >= 0.3 is 5.97 Å². The lowest BCUT2D eigenvalue weighted by Crippen LogP contribution is -2.27. The van der Waals surface area contributed by atoms with E-state index < -0.39 is 5.97 Å². The van der Waals surface area contributed by atoms with Gasteiger partial charge in [0.05, 0.1) is 0 Å². The van der Waals surface area contributed by atoms with Crippen LogP contribution in [0.3, 0.4) is 0 Å². The molecule has 0 radical (unpaired) electrons. The number of carbonyl (C=O) groups is 2. The molecule has 1 amide bonds. The maximum Gasteiger partial charge on any atom is 0.349 e. The van der Waals surface area contributed by atoms with Gasteiger partial charge in [-0.3, -0.25) is 9.69 Å². The van der Waals surface area contributed by atoms with Gasteiger partial charge in [-0.2, -0.15) is 0 Å². The Bertz CT molecular complexity index is 876. The van der Waals surface area contributed by atoms with Crippen LogP contribution in [0.4, 0.5) is 5.82 Å². The molecule has 1 N–H and O–H groups in total. The lowest BCUT2D eigenvalue weighted by atomic mass is 10.2. The molecule has 1 heterocycles. The molecule has 0 aliphatic carbocycles. The summed E-state index contributed by atoms with van der Waals surface area (Å²) >= 11 is 1.06. The second-order valence-electron chi connectivity index (χ2n) is 5.07. The number of rotatable bonds is 4. The minimum absolute atomic E-state index is 0.0423. The van der Waals surface area contributed by atoms with Gasteiger partial charge < -0.3 is 5.11 Å². The molecule has 24 heavy (non-hydrogen) atoms. The number of hydrogen-bond acceptors (Lipinski definition) is 4. The Morgan fingerprint density at radius 3 is 2.17 bits per heavy atom. The Morgan fingerprint density at radius 1 is 1.00 bits per heavy atom. The zero-order chi connectivity index (χ0) is 17.1. The van der Waals surface area contributed by atoms with Gasteiger partial charge in [-0.25, -0.2) is 9.78 Å². The minimum Gasteiger partial charge on any atom is -0.477 e. The quantitative estimate of drug-likeness (QED) is 0.786. The summed E-state index contributed by atoms with van der Waals surface area (Å²) in [7, 11) is 1.53. The Morgan fingerprint density at radius 2 is 1.58 bits per heavy atom. The van der Waals surface area contributed by atoms with Crippen LogP contribution in [0.2, 0.25) is 0 Å². The highest BCUT2D eigenvalue weighted by Crippen LogP contribution is 2.33. The van der Waals surface area contributed by atoms with Crippen molar-refractivity contribution in [2.45, 2.75) is 0 Å². The first-order valence-electron chi connectivity index (χ1n) is 7.20. The lowest BCUT2D eigenvalue weighted by molar-refractivity contribution is 0.0702. The van der Waals surface area contributed by atoms with E-state index in [0.29, 0.717) is 10.6 Å². The predicted molar refractivity (Wildman–Crippen MR) is 93.7 cm³/mol. The molecular weight excluding hydrogens is 324 g/mol. The number of anilines is 1. The Hall–Kier alpha value is -2.99. The number of amides is 1. The first kappa shape index (κ1) is 15.9. The average Bonchev–Trinajstić information content (AvgIpc) is 3.07. The van der Waals surface area contributed by atoms with Crippen LogP contribution in [0.25, 0.3) is 10.6 Å². The first-order valence-corrected chi connectivity index (χ1v) is 8.02. The number of benzene rings is 2. The largest absolute Gasteiger partial charge is 0.477 e. The topological polar surface area (TPSA) is 70.5 Å². The Labute approximate surface area is 142 Å². The third-order valence-corrected chi connectivity index (χ3v) is 4.55. The maximum atomic E-state index is 12.6. The van der Waals surface area contributed by atoms with Gasteiger partial charge in [-0.05, 0) is 12.1 Å². The number of nitrogens with zero attached hydrogens (tertiary/aromatic N) is 2. The molecule has 0 saturated heterocycles. The predicted octanol–water partition coefficient (Wildman–Crippen LogP) is 3.78. The van der Waals surface area contributed by atoms with E-state index in [1.54, 1.807) is 24.3 Å². The molecule has 2 aromatic carbocycles. The third-order valence-electron chi connectivity index (χ3n) is 3.47. The standard InChI is InChI=1S/C18H14N2O3S/c1-20(17(21)13-10-6-3-7-11-13)15-14(18(22)23)24-16(19-15)12-8-4-2-5-9-12/h2-11H,1H3,(H,22,23). The van der Waals surface area contributed by atoms with Gasteiger partial charge in [0.1, 0.15) is 5.01 Å². The highest BCUT2D eigenvalue weighted by molar-refractivity contribution is 7.17. The highest BCUT2D eigenvalue weighted by Gasteiger charge is 2.25. The van der Waals surface area contributed by atoms with E-state index in [1.165, 1.54) is 11.9 Å². The number of aromatic nitrogens is 1. The SMILES string of the molecule is CN(C(=O)c1ccccc1)c1nc(-c2ccccc2)sc1C(=O)O. The van der Waals surface area contributed by atoms with Gasteiger partial charge in [0.25, 0.3) is 5.91 Å². The van der Waals surface area contributed by atoms with E-state index in [-0.39, 0.29) is 16.6 Å². The summed E-state index contributed by atoms with van der Waals surface area (Å²) in [5, 5.41) is 10.0. The normalized spacial score (nSPS) is 10.4. The van der Waals surface area contributed by atoms with Crippen LogP contribution in [-0.4, -0.2) is 29.0 Å². The second kappa shape index (κ2) is 6.64. The molecule has 3 rings (SSSR count). The van der Waals surface area contributed by atoms with Crippen molar-refractivity contribution in [1.82, 2.24) is 4.98 Å². The van der Waals surface area contributed by atoms with E-state index in [4.69, 9.17) is 0 Å². The third kappa shape index (κ3) is 3.04. The van der Waals surface area contributed by atoms with Crippen LogP contribution in [0, 0.1) is 0 Å². The molecule has 120 valence electrons. The van der Waals surface area contributed by atoms with Crippen molar-refractivity contribution in [3.63, 3.8) is 0 Å². The summed E-state index contributed by atoms with van der Waals surface area (Å²) < 4.78 is 0. The zero-order valence-electron chi connectivity index (χ0n) is 12.8. The Kier molecular flexibility index (Phi) is 4.39. The molecule has 1 aromatic heterocycles. The maximum absolute atomic E-state index is 12.6. The number of thiazole rings is 1. The van der Waals surface area contributed by atoms with Crippen molar-refractivity contribution in [1.29, 1.82) is 0 Å². The molecule has 0 aliphatic rings. The molecule has 0 unspecified atom stereocenters. The van der Waals surface area contributed by atoms with Crippen LogP contribution < -0.4 is 4.90 Å². The van der Waals surface area contributed by atoms with Gasteiger partial charge in [0.15, 0.2) is 10.7 Å². The van der Waals surface area contributed by atoms with Crippen LogP contribution in [0.15, 0.2) is 60.7 Å². The summed E-state index contributed by atoms with van der Waals surface area (Å²) in [6, 6.07) is 18.0.